The van der Waals surface area contributed by atoms with Crippen LogP contribution in [0.4, 0.5) is 18.9 Å². The van der Waals surface area contributed by atoms with Gasteiger partial charge in [-0.15, -0.1) is 0 Å². The first-order chi connectivity index (χ1) is 11.4. The van der Waals surface area contributed by atoms with Gasteiger partial charge in [0.1, 0.15) is 5.75 Å². The molecular weight excluding hydrogens is 319 g/mol. The number of hydrogen-bond donors (Lipinski definition) is 1. The molecule has 0 unspecified atom stereocenters. The molecule has 1 aliphatic carbocycles. The van der Waals surface area contributed by atoms with E-state index in [-0.39, 0.29) is 17.3 Å². The number of halogens is 3. The van der Waals surface area contributed by atoms with Gasteiger partial charge < -0.3 is 10.1 Å². The lowest BCUT2D eigenvalue weighted by Gasteiger charge is -2.17. The highest BCUT2D eigenvalue weighted by molar-refractivity contribution is 6.01. The molecule has 0 spiro atoms. The molecule has 2 aromatic rings. The van der Waals surface area contributed by atoms with Gasteiger partial charge in [-0.1, -0.05) is 30.3 Å². The first-order valence-corrected chi connectivity index (χ1v) is 7.49. The topological polar surface area (TPSA) is 38.3 Å². The van der Waals surface area contributed by atoms with Gasteiger partial charge in [0.2, 0.25) is 5.91 Å². The number of ether oxygens (including phenoxy) is 1. The van der Waals surface area contributed by atoms with Crippen molar-refractivity contribution in [2.24, 2.45) is 0 Å². The fourth-order valence-electron chi connectivity index (χ4n) is 2.79. The lowest BCUT2D eigenvalue weighted by molar-refractivity contribution is -0.138. The third-order valence-corrected chi connectivity index (χ3v) is 4.27. The predicted octanol–water partition coefficient (Wildman–Crippen LogP) is 4.38. The van der Waals surface area contributed by atoms with E-state index in [1.165, 1.54) is 19.2 Å². The number of hydrogen-bond acceptors (Lipinski definition) is 2. The number of rotatable bonds is 4. The molecule has 24 heavy (non-hydrogen) atoms. The fraction of sp³-hybridized carbons (Fsp3) is 0.278. The van der Waals surface area contributed by atoms with Crippen molar-refractivity contribution in [2.75, 3.05) is 12.4 Å². The van der Waals surface area contributed by atoms with Crippen LogP contribution in [0.25, 0.3) is 0 Å². The van der Waals surface area contributed by atoms with Crippen LogP contribution in [0.15, 0.2) is 48.5 Å². The first-order valence-electron chi connectivity index (χ1n) is 7.49. The Hall–Kier alpha value is -2.50. The second-order valence-electron chi connectivity index (χ2n) is 5.82. The average molecular weight is 335 g/mol. The number of carbonyl (C=O) groups excluding carboxylic acids is 1. The lowest BCUT2D eigenvalue weighted by atomic mass is 9.95. The second-order valence-corrected chi connectivity index (χ2v) is 5.82. The van der Waals surface area contributed by atoms with Gasteiger partial charge in [0.15, 0.2) is 0 Å². The van der Waals surface area contributed by atoms with Crippen LogP contribution in [-0.4, -0.2) is 13.0 Å². The summed E-state index contributed by atoms with van der Waals surface area (Å²) in [6, 6.07) is 12.8. The molecule has 1 amide bonds. The Bertz CT molecular complexity index is 753. The molecule has 0 radical (unpaired) electrons. The van der Waals surface area contributed by atoms with E-state index in [2.05, 4.69) is 5.32 Å². The maximum Gasteiger partial charge on any atom is 0.420 e. The molecule has 1 fully saturated rings. The standard InChI is InChI=1S/C18H16F3NO2/c1-24-15-8-7-13(11-14(15)18(19,20)21)22-16(23)17(9-10-17)12-5-3-2-4-6-12/h2-8,11H,9-10H2,1H3,(H,22,23). The zero-order chi connectivity index (χ0) is 17.4. The Balaban J connectivity index is 1.85. The number of alkyl halides is 3. The lowest BCUT2D eigenvalue weighted by Crippen LogP contribution is -2.27. The normalized spacial score (nSPS) is 15.7. The van der Waals surface area contributed by atoms with Gasteiger partial charge >= 0.3 is 6.18 Å². The highest BCUT2D eigenvalue weighted by Crippen LogP contribution is 2.49. The van der Waals surface area contributed by atoms with Gasteiger partial charge in [-0.3, -0.25) is 4.79 Å². The minimum Gasteiger partial charge on any atom is -0.496 e. The quantitative estimate of drug-likeness (QED) is 0.900. The summed E-state index contributed by atoms with van der Waals surface area (Å²) in [6.07, 6.45) is -3.18. The van der Waals surface area contributed by atoms with Crippen LogP contribution < -0.4 is 10.1 Å². The molecule has 1 aliphatic rings. The smallest absolute Gasteiger partial charge is 0.420 e. The summed E-state index contributed by atoms with van der Waals surface area (Å²) >= 11 is 0. The number of amides is 1. The largest absolute Gasteiger partial charge is 0.496 e. The van der Waals surface area contributed by atoms with Crippen LogP contribution in [0, 0.1) is 0 Å². The van der Waals surface area contributed by atoms with Crippen molar-refractivity contribution >= 4 is 11.6 Å². The van der Waals surface area contributed by atoms with Crippen molar-refractivity contribution in [1.29, 1.82) is 0 Å². The number of carbonyl (C=O) groups is 1. The molecular formula is C18H16F3NO2. The highest BCUT2D eigenvalue weighted by atomic mass is 19.4. The molecule has 3 nitrogen and oxygen atoms in total. The van der Waals surface area contributed by atoms with Crippen molar-refractivity contribution in [1.82, 2.24) is 0 Å². The van der Waals surface area contributed by atoms with Crippen molar-refractivity contribution < 1.29 is 22.7 Å². The van der Waals surface area contributed by atoms with E-state index in [1.54, 1.807) is 0 Å². The molecule has 0 saturated heterocycles. The van der Waals surface area contributed by atoms with Crippen molar-refractivity contribution in [3.8, 4) is 5.75 Å². The molecule has 1 saturated carbocycles. The Morgan fingerprint density at radius 3 is 2.33 bits per heavy atom. The minimum absolute atomic E-state index is 0.107. The summed E-state index contributed by atoms with van der Waals surface area (Å²) in [5.74, 6) is -0.559. The third-order valence-electron chi connectivity index (χ3n) is 4.27. The van der Waals surface area contributed by atoms with Gasteiger partial charge in [-0.2, -0.15) is 13.2 Å². The van der Waals surface area contributed by atoms with Crippen molar-refractivity contribution in [3.63, 3.8) is 0 Å². The van der Waals surface area contributed by atoms with Gasteiger partial charge in [-0.05, 0) is 36.6 Å². The summed E-state index contributed by atoms with van der Waals surface area (Å²) in [4.78, 5) is 12.6. The second kappa shape index (κ2) is 5.85. The first kappa shape index (κ1) is 16.4. The van der Waals surface area contributed by atoms with E-state index < -0.39 is 17.2 Å². The molecule has 6 heteroatoms. The van der Waals surface area contributed by atoms with E-state index in [1.807, 2.05) is 30.3 Å². The number of methoxy groups -OCH3 is 1. The summed E-state index contributed by atoms with van der Waals surface area (Å²) in [6.45, 7) is 0. The summed E-state index contributed by atoms with van der Waals surface area (Å²) in [5.41, 5.74) is -0.561. The zero-order valence-corrected chi connectivity index (χ0v) is 13.0. The molecule has 126 valence electrons. The zero-order valence-electron chi connectivity index (χ0n) is 13.0. The van der Waals surface area contributed by atoms with E-state index in [9.17, 15) is 18.0 Å². The Labute approximate surface area is 137 Å². The maximum atomic E-state index is 13.1. The number of nitrogens with one attached hydrogen (secondary N) is 1. The predicted molar refractivity (Wildman–Crippen MR) is 84.0 cm³/mol. The SMILES string of the molecule is COc1ccc(NC(=O)C2(c3ccccc3)CC2)cc1C(F)(F)F. The maximum absolute atomic E-state index is 13.1. The molecule has 0 heterocycles. The van der Waals surface area contributed by atoms with Gasteiger partial charge in [0, 0.05) is 5.69 Å². The van der Waals surface area contributed by atoms with Gasteiger partial charge in [0.05, 0.1) is 18.1 Å². The summed E-state index contributed by atoms with van der Waals surface area (Å²) in [7, 11) is 1.18. The van der Waals surface area contributed by atoms with E-state index in [0.29, 0.717) is 12.8 Å². The summed E-state index contributed by atoms with van der Waals surface area (Å²) < 4.78 is 44.0. The fourth-order valence-corrected chi connectivity index (χ4v) is 2.79. The van der Waals surface area contributed by atoms with E-state index in [4.69, 9.17) is 4.74 Å². The number of anilines is 1. The Morgan fingerprint density at radius 2 is 1.79 bits per heavy atom. The summed E-state index contributed by atoms with van der Waals surface area (Å²) in [5, 5.41) is 2.61. The van der Waals surface area contributed by atoms with Crippen LogP contribution in [0.5, 0.6) is 5.75 Å². The monoisotopic (exact) mass is 335 g/mol. The average Bonchev–Trinajstić information content (AvgIpc) is 3.37. The Kier molecular flexibility index (Phi) is 3.99. The molecule has 3 rings (SSSR count). The van der Waals surface area contributed by atoms with E-state index >= 15 is 0 Å². The Morgan fingerprint density at radius 1 is 1.12 bits per heavy atom. The number of benzene rings is 2. The minimum atomic E-state index is -4.55. The highest BCUT2D eigenvalue weighted by Gasteiger charge is 2.51. The molecule has 0 aliphatic heterocycles. The third kappa shape index (κ3) is 2.96. The molecule has 2 aromatic carbocycles. The van der Waals surface area contributed by atoms with E-state index in [0.717, 1.165) is 11.6 Å². The molecule has 0 bridgehead atoms. The van der Waals surface area contributed by atoms with Crippen LogP contribution in [-0.2, 0) is 16.4 Å². The van der Waals surface area contributed by atoms with Crippen molar-refractivity contribution in [3.05, 3.63) is 59.7 Å². The molecule has 1 N–H and O–H groups in total. The molecule has 0 atom stereocenters. The van der Waals surface area contributed by atoms with Crippen LogP contribution in [0.3, 0.4) is 0 Å². The van der Waals surface area contributed by atoms with Crippen LogP contribution in [0.2, 0.25) is 0 Å². The van der Waals surface area contributed by atoms with Gasteiger partial charge in [0.25, 0.3) is 0 Å². The van der Waals surface area contributed by atoms with Crippen LogP contribution >= 0.6 is 0 Å². The van der Waals surface area contributed by atoms with Gasteiger partial charge in [-0.25, -0.2) is 0 Å². The van der Waals surface area contributed by atoms with Crippen LogP contribution in [0.1, 0.15) is 24.0 Å². The van der Waals surface area contributed by atoms with Crippen molar-refractivity contribution in [2.45, 2.75) is 24.4 Å². The molecule has 0 aromatic heterocycles.